The maximum atomic E-state index is 12.5. The van der Waals surface area contributed by atoms with Gasteiger partial charge in [0.05, 0.1) is 5.69 Å². The molecule has 0 unspecified atom stereocenters. The predicted octanol–water partition coefficient (Wildman–Crippen LogP) is 4.19. The lowest BCUT2D eigenvalue weighted by molar-refractivity contribution is -0.117. The number of rotatable bonds is 7. The molecular weight excluding hydrogens is 404 g/mol. The fourth-order valence-electron chi connectivity index (χ4n) is 3.35. The quantitative estimate of drug-likeness (QED) is 0.585. The van der Waals surface area contributed by atoms with E-state index in [1.54, 1.807) is 6.07 Å². The molecule has 2 N–H and O–H groups in total. The molecule has 2 aromatic carbocycles. The van der Waals surface area contributed by atoms with Crippen molar-refractivity contribution in [3.05, 3.63) is 76.1 Å². The minimum absolute atomic E-state index is 0.159. The summed E-state index contributed by atoms with van der Waals surface area (Å²) in [5, 5.41) is 10.0. The fraction of sp³-hybridized carbons (Fsp3) is 0.280. The van der Waals surface area contributed by atoms with E-state index in [-0.39, 0.29) is 23.9 Å². The van der Waals surface area contributed by atoms with Gasteiger partial charge in [0.15, 0.2) is 0 Å². The smallest absolute Gasteiger partial charge is 0.267 e. The number of aryl methyl sites for hydroxylation is 1. The molecule has 0 aliphatic carbocycles. The molecule has 166 valence electrons. The molecule has 0 fully saturated rings. The predicted molar refractivity (Wildman–Crippen MR) is 127 cm³/mol. The summed E-state index contributed by atoms with van der Waals surface area (Å²) >= 11 is 0. The highest BCUT2D eigenvalue weighted by molar-refractivity contribution is 5.91. The first-order valence-corrected chi connectivity index (χ1v) is 10.7. The minimum atomic E-state index is -0.369. The Kier molecular flexibility index (Phi) is 7.20. The van der Waals surface area contributed by atoms with Gasteiger partial charge in [0.25, 0.3) is 5.56 Å². The monoisotopic (exact) mass is 432 g/mol. The Balaban J connectivity index is 1.80. The van der Waals surface area contributed by atoms with Gasteiger partial charge in [-0.25, -0.2) is 4.68 Å². The van der Waals surface area contributed by atoms with Crippen LogP contribution in [0.4, 0.5) is 11.4 Å². The zero-order chi connectivity index (χ0) is 23.3. The molecular formula is C25H28N4O3. The Hall–Kier alpha value is -3.74. The molecule has 0 saturated heterocycles. The number of amides is 2. The zero-order valence-electron chi connectivity index (χ0n) is 18.8. The van der Waals surface area contributed by atoms with E-state index in [0.717, 1.165) is 22.2 Å². The number of anilines is 2. The average Bonchev–Trinajstić information content (AvgIpc) is 2.75. The molecule has 1 heterocycles. The molecule has 32 heavy (non-hydrogen) atoms. The van der Waals surface area contributed by atoms with Crippen LogP contribution in [0.15, 0.2) is 59.4 Å². The molecule has 2 amide bonds. The Morgan fingerprint density at radius 3 is 2.34 bits per heavy atom. The van der Waals surface area contributed by atoms with Crippen LogP contribution in [0, 0.1) is 0 Å². The Morgan fingerprint density at radius 1 is 1.00 bits per heavy atom. The largest absolute Gasteiger partial charge is 0.326 e. The normalized spacial score (nSPS) is 10.8. The summed E-state index contributed by atoms with van der Waals surface area (Å²) in [4.78, 5) is 36.3. The topological polar surface area (TPSA) is 93.1 Å². The number of hydrogen-bond acceptors (Lipinski definition) is 4. The van der Waals surface area contributed by atoms with Gasteiger partial charge in [0, 0.05) is 29.9 Å². The molecule has 0 spiro atoms. The fourth-order valence-corrected chi connectivity index (χ4v) is 3.35. The molecule has 0 saturated carbocycles. The lowest BCUT2D eigenvalue weighted by Crippen LogP contribution is -2.29. The first-order chi connectivity index (χ1) is 15.3. The highest BCUT2D eigenvalue weighted by atomic mass is 16.2. The second-order valence-corrected chi connectivity index (χ2v) is 7.95. The summed E-state index contributed by atoms with van der Waals surface area (Å²) in [6, 6.07) is 16.3. The SMILES string of the molecule is CCc1ccc(-c2ccc(=O)n(CC(=O)Nc3ccc(C(C)C)cc3)n2)cc1NC(C)=O. The van der Waals surface area contributed by atoms with Crippen LogP contribution in [0.25, 0.3) is 11.3 Å². The van der Waals surface area contributed by atoms with Crippen LogP contribution in [0.1, 0.15) is 44.7 Å². The molecule has 0 radical (unpaired) electrons. The van der Waals surface area contributed by atoms with Crippen molar-refractivity contribution in [2.24, 2.45) is 0 Å². The highest BCUT2D eigenvalue weighted by Crippen LogP contribution is 2.24. The van der Waals surface area contributed by atoms with Crippen LogP contribution in [-0.2, 0) is 22.6 Å². The van der Waals surface area contributed by atoms with Crippen molar-refractivity contribution in [1.82, 2.24) is 9.78 Å². The molecule has 0 aliphatic heterocycles. The first kappa shape index (κ1) is 22.9. The zero-order valence-corrected chi connectivity index (χ0v) is 18.8. The van der Waals surface area contributed by atoms with E-state index >= 15 is 0 Å². The van der Waals surface area contributed by atoms with E-state index in [1.807, 2.05) is 49.4 Å². The molecule has 7 nitrogen and oxygen atoms in total. The summed E-state index contributed by atoms with van der Waals surface area (Å²) in [7, 11) is 0. The Morgan fingerprint density at radius 2 is 1.72 bits per heavy atom. The van der Waals surface area contributed by atoms with E-state index < -0.39 is 0 Å². The van der Waals surface area contributed by atoms with Crippen molar-refractivity contribution in [1.29, 1.82) is 0 Å². The molecule has 1 aromatic heterocycles. The molecule has 3 rings (SSSR count). The molecule has 0 atom stereocenters. The summed E-state index contributed by atoms with van der Waals surface area (Å²) in [6.07, 6.45) is 0.765. The summed E-state index contributed by atoms with van der Waals surface area (Å²) in [5.74, 6) is -0.0926. The van der Waals surface area contributed by atoms with Crippen LogP contribution in [0.2, 0.25) is 0 Å². The molecule has 7 heteroatoms. The van der Waals surface area contributed by atoms with Gasteiger partial charge in [-0.3, -0.25) is 14.4 Å². The second kappa shape index (κ2) is 10.0. The Bertz CT molecular complexity index is 1180. The van der Waals surface area contributed by atoms with Gasteiger partial charge in [0.2, 0.25) is 11.8 Å². The average molecular weight is 433 g/mol. The van der Waals surface area contributed by atoms with E-state index in [9.17, 15) is 14.4 Å². The van der Waals surface area contributed by atoms with Crippen molar-refractivity contribution in [3.63, 3.8) is 0 Å². The maximum Gasteiger partial charge on any atom is 0.267 e. The number of carbonyl (C=O) groups is 2. The number of nitrogens with one attached hydrogen (secondary N) is 2. The van der Waals surface area contributed by atoms with Gasteiger partial charge < -0.3 is 10.6 Å². The summed E-state index contributed by atoms with van der Waals surface area (Å²) in [5.41, 5.74) is 4.46. The number of nitrogens with zero attached hydrogens (tertiary/aromatic N) is 2. The Labute approximate surface area is 187 Å². The number of hydrogen-bond donors (Lipinski definition) is 2. The van der Waals surface area contributed by atoms with E-state index in [4.69, 9.17) is 0 Å². The lowest BCUT2D eigenvalue weighted by atomic mass is 10.0. The maximum absolute atomic E-state index is 12.5. The van der Waals surface area contributed by atoms with Gasteiger partial charge in [-0.1, -0.05) is 45.0 Å². The van der Waals surface area contributed by atoms with Gasteiger partial charge in [0.1, 0.15) is 6.54 Å². The third kappa shape index (κ3) is 5.69. The minimum Gasteiger partial charge on any atom is -0.326 e. The van der Waals surface area contributed by atoms with Gasteiger partial charge in [-0.2, -0.15) is 5.10 Å². The number of carbonyl (C=O) groups excluding carboxylic acids is 2. The van der Waals surface area contributed by atoms with Gasteiger partial charge >= 0.3 is 0 Å². The van der Waals surface area contributed by atoms with Gasteiger partial charge in [-0.15, -0.1) is 0 Å². The molecule has 0 bridgehead atoms. The summed E-state index contributed by atoms with van der Waals surface area (Å²) < 4.78 is 1.14. The van der Waals surface area contributed by atoms with E-state index in [1.165, 1.54) is 18.6 Å². The summed E-state index contributed by atoms with van der Waals surface area (Å²) in [6.45, 7) is 7.47. The molecule has 0 aliphatic rings. The van der Waals surface area contributed by atoms with Crippen LogP contribution < -0.4 is 16.2 Å². The van der Waals surface area contributed by atoms with Crippen LogP contribution in [0.3, 0.4) is 0 Å². The third-order valence-electron chi connectivity index (χ3n) is 5.12. The van der Waals surface area contributed by atoms with Crippen LogP contribution in [-0.4, -0.2) is 21.6 Å². The van der Waals surface area contributed by atoms with Crippen molar-refractivity contribution in [3.8, 4) is 11.3 Å². The molecule has 3 aromatic rings. The first-order valence-electron chi connectivity index (χ1n) is 10.7. The van der Waals surface area contributed by atoms with Crippen LogP contribution in [0.5, 0.6) is 0 Å². The van der Waals surface area contributed by atoms with Crippen LogP contribution >= 0.6 is 0 Å². The van der Waals surface area contributed by atoms with Crippen molar-refractivity contribution in [2.75, 3.05) is 10.6 Å². The number of aromatic nitrogens is 2. The van der Waals surface area contributed by atoms with Crippen molar-refractivity contribution in [2.45, 2.75) is 46.6 Å². The third-order valence-corrected chi connectivity index (χ3v) is 5.12. The van der Waals surface area contributed by atoms with Crippen molar-refractivity contribution < 1.29 is 9.59 Å². The van der Waals surface area contributed by atoms with Gasteiger partial charge in [-0.05, 0) is 47.7 Å². The second-order valence-electron chi connectivity index (χ2n) is 7.95. The highest BCUT2D eigenvalue weighted by Gasteiger charge is 2.11. The standard InChI is InChI=1S/C25H28N4O3/c1-5-18-6-7-20(14-23(18)26-17(4)30)22-12-13-25(32)29(28-22)15-24(31)27-21-10-8-19(9-11-21)16(2)3/h6-14,16H,5,15H2,1-4H3,(H,26,30)(H,27,31). The van der Waals surface area contributed by atoms with Crippen molar-refractivity contribution >= 4 is 23.2 Å². The lowest BCUT2D eigenvalue weighted by Gasteiger charge is -2.12. The van der Waals surface area contributed by atoms with E-state index in [2.05, 4.69) is 29.6 Å². The van der Waals surface area contributed by atoms with E-state index in [0.29, 0.717) is 23.0 Å². The number of benzene rings is 2.